The normalized spacial score (nSPS) is 10.8. The Morgan fingerprint density at radius 1 is 1.03 bits per heavy atom. The molecule has 0 saturated carbocycles. The molecular formula is C26H29N5O4S. The van der Waals surface area contributed by atoms with Crippen molar-refractivity contribution in [1.29, 1.82) is 0 Å². The molecule has 3 aromatic rings. The molecule has 36 heavy (non-hydrogen) atoms. The Kier molecular flexibility index (Phi) is 9.82. The first kappa shape index (κ1) is 26.7. The lowest BCUT2D eigenvalue weighted by atomic mass is 10.1. The third kappa shape index (κ3) is 8.09. The number of thioether (sulfide) groups is 1. The molecule has 10 heteroatoms. The lowest BCUT2D eigenvalue weighted by molar-refractivity contribution is -0.123. The summed E-state index contributed by atoms with van der Waals surface area (Å²) in [4.78, 5) is 32.9. The van der Waals surface area contributed by atoms with E-state index >= 15 is 0 Å². The number of amides is 2. The Morgan fingerprint density at radius 3 is 2.42 bits per heavy atom. The van der Waals surface area contributed by atoms with Crippen molar-refractivity contribution in [3.8, 4) is 11.5 Å². The van der Waals surface area contributed by atoms with Gasteiger partial charge in [-0.25, -0.2) is 15.4 Å². The molecule has 0 fully saturated rings. The summed E-state index contributed by atoms with van der Waals surface area (Å²) in [6, 6.07) is 14.4. The fourth-order valence-electron chi connectivity index (χ4n) is 3.16. The molecule has 2 N–H and O–H groups in total. The van der Waals surface area contributed by atoms with Gasteiger partial charge in [0.2, 0.25) is 0 Å². The van der Waals surface area contributed by atoms with E-state index in [1.807, 2.05) is 39.0 Å². The van der Waals surface area contributed by atoms with Crippen molar-refractivity contribution < 1.29 is 19.1 Å². The Morgan fingerprint density at radius 2 is 1.75 bits per heavy atom. The average Bonchev–Trinajstić information content (AvgIpc) is 2.86. The van der Waals surface area contributed by atoms with Crippen LogP contribution in [0, 0.1) is 13.8 Å². The molecule has 0 radical (unpaired) electrons. The molecule has 1 heterocycles. The molecule has 2 amide bonds. The highest BCUT2D eigenvalue weighted by Gasteiger charge is 2.09. The van der Waals surface area contributed by atoms with Crippen LogP contribution >= 0.6 is 11.8 Å². The molecule has 0 unspecified atom stereocenters. The fourth-order valence-corrected chi connectivity index (χ4v) is 4.07. The van der Waals surface area contributed by atoms with E-state index in [1.165, 1.54) is 13.3 Å². The van der Waals surface area contributed by atoms with Crippen LogP contribution in [-0.4, -0.2) is 48.3 Å². The summed E-state index contributed by atoms with van der Waals surface area (Å²) < 4.78 is 10.8. The van der Waals surface area contributed by atoms with Crippen molar-refractivity contribution in [2.45, 2.75) is 31.7 Å². The van der Waals surface area contributed by atoms with Crippen molar-refractivity contribution >= 4 is 29.8 Å². The molecular weight excluding hydrogens is 478 g/mol. The van der Waals surface area contributed by atoms with Crippen molar-refractivity contribution in [3.63, 3.8) is 0 Å². The predicted octanol–water partition coefficient (Wildman–Crippen LogP) is 3.67. The highest BCUT2D eigenvalue weighted by molar-refractivity contribution is 7.98. The van der Waals surface area contributed by atoms with Gasteiger partial charge in [-0.15, -0.1) is 0 Å². The number of aromatic nitrogens is 2. The zero-order valence-electron chi connectivity index (χ0n) is 20.7. The van der Waals surface area contributed by atoms with Gasteiger partial charge in [0, 0.05) is 29.2 Å². The largest absolute Gasteiger partial charge is 0.493 e. The molecule has 9 nitrogen and oxygen atoms in total. The summed E-state index contributed by atoms with van der Waals surface area (Å²) >= 11 is 1.55. The summed E-state index contributed by atoms with van der Waals surface area (Å²) in [5.74, 6) is 1.06. The Hall–Kier alpha value is -3.92. The maximum atomic E-state index is 12.4. The second-order valence-electron chi connectivity index (χ2n) is 7.77. The number of carbonyl (C=O) groups excluding carboxylic acids is 2. The molecule has 0 saturated heterocycles. The SMILES string of the molecule is CCNC(=O)COc1ccc(/C=N/NC(=O)c2ccc(CSc3nc(C)cc(C)n3)cc2)cc1OC. The summed E-state index contributed by atoms with van der Waals surface area (Å²) in [7, 11) is 1.51. The molecule has 1 aromatic heterocycles. The number of carbonyl (C=O) groups is 2. The zero-order chi connectivity index (χ0) is 25.9. The van der Waals surface area contributed by atoms with Crippen LogP contribution in [0.15, 0.2) is 58.8 Å². The Bertz CT molecular complexity index is 1210. The number of hydrazone groups is 1. The maximum Gasteiger partial charge on any atom is 0.271 e. The lowest BCUT2D eigenvalue weighted by Gasteiger charge is -2.11. The van der Waals surface area contributed by atoms with Gasteiger partial charge in [0.1, 0.15) is 0 Å². The molecule has 2 aromatic carbocycles. The van der Waals surface area contributed by atoms with E-state index < -0.39 is 0 Å². The predicted molar refractivity (Wildman–Crippen MR) is 140 cm³/mol. The summed E-state index contributed by atoms with van der Waals surface area (Å²) in [5, 5.41) is 7.43. The first-order valence-electron chi connectivity index (χ1n) is 11.3. The van der Waals surface area contributed by atoms with E-state index in [2.05, 4.69) is 25.8 Å². The van der Waals surface area contributed by atoms with Crippen molar-refractivity contribution in [2.75, 3.05) is 20.3 Å². The van der Waals surface area contributed by atoms with Gasteiger partial charge in [0.15, 0.2) is 23.3 Å². The number of rotatable bonds is 11. The number of nitrogens with zero attached hydrogens (tertiary/aromatic N) is 3. The van der Waals surface area contributed by atoms with Gasteiger partial charge in [0.05, 0.1) is 13.3 Å². The van der Waals surface area contributed by atoms with Crippen molar-refractivity contribution in [1.82, 2.24) is 20.7 Å². The smallest absolute Gasteiger partial charge is 0.271 e. The third-order valence-corrected chi connectivity index (χ3v) is 5.76. The van der Waals surface area contributed by atoms with Crippen LogP contribution in [-0.2, 0) is 10.5 Å². The second kappa shape index (κ2) is 13.2. The van der Waals surface area contributed by atoms with E-state index in [0.29, 0.717) is 34.9 Å². The van der Waals surface area contributed by atoms with E-state index in [1.54, 1.807) is 42.1 Å². The number of hydrogen-bond donors (Lipinski definition) is 2. The van der Waals surface area contributed by atoms with Crippen molar-refractivity contribution in [3.05, 3.63) is 76.6 Å². The maximum absolute atomic E-state index is 12.4. The Labute approximate surface area is 214 Å². The highest BCUT2D eigenvalue weighted by Crippen LogP contribution is 2.27. The minimum Gasteiger partial charge on any atom is -0.493 e. The summed E-state index contributed by atoms with van der Waals surface area (Å²) in [5.41, 5.74) is 6.65. The first-order chi connectivity index (χ1) is 17.4. The monoisotopic (exact) mass is 507 g/mol. The molecule has 0 bridgehead atoms. The van der Waals surface area contributed by atoms with E-state index in [0.717, 1.165) is 22.1 Å². The van der Waals surface area contributed by atoms with Crippen LogP contribution < -0.4 is 20.2 Å². The van der Waals surface area contributed by atoms with Crippen LogP contribution in [0.1, 0.15) is 39.8 Å². The number of aryl methyl sites for hydroxylation is 2. The third-order valence-electron chi connectivity index (χ3n) is 4.85. The highest BCUT2D eigenvalue weighted by atomic mass is 32.2. The standard InChI is InChI=1S/C26H29N5O4S/c1-5-27-24(32)15-35-22-11-8-20(13-23(22)34-4)14-28-31-25(33)21-9-6-19(7-10-21)16-36-26-29-17(2)12-18(3)30-26/h6-14H,5,15-16H2,1-4H3,(H,27,32)(H,31,33)/b28-14+. The van der Waals surface area contributed by atoms with E-state index in [9.17, 15) is 9.59 Å². The molecule has 188 valence electrons. The van der Waals surface area contributed by atoms with Gasteiger partial charge in [-0.2, -0.15) is 5.10 Å². The van der Waals surface area contributed by atoms with Crippen molar-refractivity contribution in [2.24, 2.45) is 5.10 Å². The molecule has 0 aliphatic heterocycles. The molecule has 0 atom stereocenters. The topological polar surface area (TPSA) is 115 Å². The number of likely N-dealkylation sites (N-methyl/N-ethyl adjacent to an activating group) is 1. The second-order valence-corrected chi connectivity index (χ2v) is 8.71. The molecule has 0 spiro atoms. The first-order valence-corrected chi connectivity index (χ1v) is 12.3. The van der Waals surface area contributed by atoms with E-state index in [4.69, 9.17) is 9.47 Å². The fraction of sp³-hybridized carbons (Fsp3) is 0.269. The number of benzene rings is 2. The lowest BCUT2D eigenvalue weighted by Crippen LogP contribution is -2.28. The van der Waals surface area contributed by atoms with Crippen LogP contribution in [0.4, 0.5) is 0 Å². The van der Waals surface area contributed by atoms with E-state index in [-0.39, 0.29) is 18.4 Å². The number of methoxy groups -OCH3 is 1. The number of hydrogen-bond acceptors (Lipinski definition) is 8. The van der Waals surface area contributed by atoms with Gasteiger partial charge < -0.3 is 14.8 Å². The average molecular weight is 508 g/mol. The molecule has 3 rings (SSSR count). The van der Waals surface area contributed by atoms with Gasteiger partial charge in [-0.05, 0) is 68.3 Å². The summed E-state index contributed by atoms with van der Waals surface area (Å²) in [6.07, 6.45) is 1.50. The van der Waals surface area contributed by atoms with Gasteiger partial charge in [-0.3, -0.25) is 9.59 Å². The Balaban J connectivity index is 1.53. The summed E-state index contributed by atoms with van der Waals surface area (Å²) in [6.45, 7) is 6.16. The number of ether oxygens (including phenoxy) is 2. The van der Waals surface area contributed by atoms with Crippen LogP contribution in [0.2, 0.25) is 0 Å². The molecule has 0 aliphatic rings. The van der Waals surface area contributed by atoms with Crippen LogP contribution in [0.5, 0.6) is 11.5 Å². The quantitative estimate of drug-likeness (QED) is 0.176. The minimum absolute atomic E-state index is 0.107. The van der Waals surface area contributed by atoms with Gasteiger partial charge in [0.25, 0.3) is 11.8 Å². The van der Waals surface area contributed by atoms with Gasteiger partial charge >= 0.3 is 0 Å². The minimum atomic E-state index is -0.322. The zero-order valence-corrected chi connectivity index (χ0v) is 21.5. The van der Waals surface area contributed by atoms with Crippen LogP contribution in [0.3, 0.4) is 0 Å². The number of nitrogens with one attached hydrogen (secondary N) is 2. The van der Waals surface area contributed by atoms with Gasteiger partial charge in [-0.1, -0.05) is 23.9 Å². The molecule has 0 aliphatic carbocycles. The van der Waals surface area contributed by atoms with Crippen LogP contribution in [0.25, 0.3) is 0 Å².